The van der Waals surface area contributed by atoms with E-state index in [-0.39, 0.29) is 68.7 Å². The summed E-state index contributed by atoms with van der Waals surface area (Å²) < 4.78 is 0. The Morgan fingerprint density at radius 1 is 0.588 bits per heavy atom. The van der Waals surface area contributed by atoms with Crippen LogP contribution < -0.4 is 16.0 Å². The van der Waals surface area contributed by atoms with Gasteiger partial charge in [-0.15, -0.1) is 0 Å². The Hall–Kier alpha value is -4.22. The van der Waals surface area contributed by atoms with Crippen molar-refractivity contribution in [3.8, 4) is 17.2 Å². The number of hydrogen-bond acceptors (Lipinski definition) is 9. The van der Waals surface area contributed by atoms with E-state index in [9.17, 15) is 14.4 Å². The molecule has 0 saturated heterocycles. The van der Waals surface area contributed by atoms with Gasteiger partial charge in [0.2, 0.25) is 0 Å². The van der Waals surface area contributed by atoms with Gasteiger partial charge in [0.15, 0.2) is 0 Å². The van der Waals surface area contributed by atoms with Crippen LogP contribution in [0.4, 0.5) is 0 Å². The van der Waals surface area contributed by atoms with Gasteiger partial charge in [-0.3, -0.25) is 29.3 Å². The van der Waals surface area contributed by atoms with E-state index in [2.05, 4.69) is 30.9 Å². The Kier molecular flexibility index (Phi) is 13.6. The van der Waals surface area contributed by atoms with Crippen molar-refractivity contribution in [1.29, 1.82) is 0 Å². The zero-order valence-electron chi connectivity index (χ0n) is 18.5. The number of rotatable bonds is 3. The summed E-state index contributed by atoms with van der Waals surface area (Å²) in [5.41, 5.74) is 0.715. The van der Waals surface area contributed by atoms with Gasteiger partial charge in [0.1, 0.15) is 17.2 Å². The van der Waals surface area contributed by atoms with Crippen LogP contribution in [0.5, 0.6) is 17.2 Å². The van der Waals surface area contributed by atoms with Crippen LogP contribution >= 0.6 is 0 Å². The summed E-state index contributed by atoms with van der Waals surface area (Å²) in [7, 11) is 4.51. The Labute approximate surface area is 206 Å². The summed E-state index contributed by atoms with van der Waals surface area (Å²) in [6, 6.07) is 4.36. The molecule has 0 fully saturated rings. The summed E-state index contributed by atoms with van der Waals surface area (Å²) in [6.45, 7) is 0. The molecule has 0 aliphatic rings. The zero-order chi connectivity index (χ0) is 24.8. The number of pyridine rings is 3. The summed E-state index contributed by atoms with van der Waals surface area (Å²) in [5, 5.41) is 34.5. The first-order chi connectivity index (χ1) is 15.8. The summed E-state index contributed by atoms with van der Waals surface area (Å²) >= 11 is 0. The van der Waals surface area contributed by atoms with E-state index in [1.54, 1.807) is 0 Å². The largest absolute Gasteiger partial charge is 3.00 e. The smallest absolute Gasteiger partial charge is 0.505 e. The van der Waals surface area contributed by atoms with E-state index < -0.39 is 0 Å². The van der Waals surface area contributed by atoms with Gasteiger partial charge in [-0.1, -0.05) is 0 Å². The van der Waals surface area contributed by atoms with Crippen molar-refractivity contribution >= 4 is 17.7 Å². The molecule has 0 aromatic carbocycles. The minimum absolute atomic E-state index is 0. The van der Waals surface area contributed by atoms with E-state index in [4.69, 9.17) is 15.3 Å². The maximum Gasteiger partial charge on any atom is 3.00 e. The fourth-order valence-electron chi connectivity index (χ4n) is 2.14. The van der Waals surface area contributed by atoms with Gasteiger partial charge in [-0.25, -0.2) is 0 Å². The molecule has 0 aliphatic heterocycles. The molecule has 0 spiro atoms. The van der Waals surface area contributed by atoms with Gasteiger partial charge in [-0.2, -0.15) is 0 Å². The Balaban J connectivity index is 0.000000473. The number of hydrogen-bond donors (Lipinski definition) is 6. The van der Waals surface area contributed by atoms with Crippen molar-refractivity contribution in [2.45, 2.75) is 0 Å². The van der Waals surface area contributed by atoms with Crippen molar-refractivity contribution < 1.29 is 46.8 Å². The first kappa shape index (κ1) is 29.8. The third-order valence-electron chi connectivity index (χ3n) is 3.82. The molecule has 179 valence electrons. The normalized spacial score (nSPS) is 8.91. The fraction of sp³-hybridized carbons (Fsp3) is 0.143. The quantitative estimate of drug-likeness (QED) is 0.271. The SMILES string of the molecule is CNC(=O)c1ccncc1O.CNC(=O)c1ccncc1O.CNC(=O)c1ccncc1O.[Fe+3]. The molecule has 0 saturated carbocycles. The average molecular weight is 512 g/mol. The molecule has 12 nitrogen and oxygen atoms in total. The fourth-order valence-corrected chi connectivity index (χ4v) is 2.14. The molecule has 6 N–H and O–H groups in total. The first-order valence-corrected chi connectivity index (χ1v) is 9.31. The molecular weight excluding hydrogens is 488 g/mol. The summed E-state index contributed by atoms with van der Waals surface area (Å²) in [6.07, 6.45) is 8.03. The third-order valence-corrected chi connectivity index (χ3v) is 3.82. The molecular formula is C21H24FeN6O6+3. The van der Waals surface area contributed by atoms with Crippen LogP contribution in [-0.2, 0) is 17.1 Å². The van der Waals surface area contributed by atoms with Crippen molar-refractivity contribution in [2.24, 2.45) is 0 Å². The molecule has 0 unspecified atom stereocenters. The Bertz CT molecular complexity index is 962. The topological polar surface area (TPSA) is 187 Å². The molecule has 0 bridgehead atoms. The van der Waals surface area contributed by atoms with Crippen molar-refractivity contribution in [3.05, 3.63) is 72.1 Å². The van der Waals surface area contributed by atoms with Crippen molar-refractivity contribution in [3.63, 3.8) is 0 Å². The van der Waals surface area contributed by atoms with Gasteiger partial charge in [0.05, 0.1) is 35.3 Å². The zero-order valence-corrected chi connectivity index (χ0v) is 19.6. The number of aromatic hydroxyl groups is 3. The monoisotopic (exact) mass is 512 g/mol. The van der Waals surface area contributed by atoms with Crippen LogP contribution in [0.25, 0.3) is 0 Å². The van der Waals surface area contributed by atoms with Crippen molar-refractivity contribution in [1.82, 2.24) is 30.9 Å². The number of nitrogens with one attached hydrogen (secondary N) is 3. The molecule has 0 atom stereocenters. The number of aromatic nitrogens is 3. The standard InChI is InChI=1S/3C7H8N2O2.Fe/c3*1-8-7(11)5-2-3-9-4-6(5)10;/h3*2-4,10H,1H3,(H,8,11);/q;;;+3. The molecule has 34 heavy (non-hydrogen) atoms. The van der Waals surface area contributed by atoms with Gasteiger partial charge < -0.3 is 31.3 Å². The molecule has 1 radical (unpaired) electrons. The van der Waals surface area contributed by atoms with Gasteiger partial charge in [0, 0.05) is 39.7 Å². The predicted molar refractivity (Wildman–Crippen MR) is 118 cm³/mol. The molecule has 3 aromatic rings. The Morgan fingerprint density at radius 3 is 1.00 bits per heavy atom. The Morgan fingerprint density at radius 2 is 0.824 bits per heavy atom. The second-order valence-electron chi connectivity index (χ2n) is 5.92. The minimum atomic E-state index is -0.315. The van der Waals surface area contributed by atoms with Gasteiger partial charge >= 0.3 is 17.1 Å². The maximum atomic E-state index is 10.9. The number of carbonyl (C=O) groups excluding carboxylic acids is 3. The van der Waals surface area contributed by atoms with Crippen LogP contribution in [0.2, 0.25) is 0 Å². The molecule has 13 heteroatoms. The molecule has 3 rings (SSSR count). The molecule has 0 aliphatic carbocycles. The number of amides is 3. The maximum absolute atomic E-state index is 10.9. The first-order valence-electron chi connectivity index (χ1n) is 9.31. The van der Waals surface area contributed by atoms with E-state index >= 15 is 0 Å². The predicted octanol–water partition coefficient (Wildman–Crippen LogP) is 0.438. The van der Waals surface area contributed by atoms with Crippen LogP contribution in [0.15, 0.2) is 55.4 Å². The second kappa shape index (κ2) is 15.6. The average Bonchev–Trinajstić information content (AvgIpc) is 2.84. The summed E-state index contributed by atoms with van der Waals surface area (Å²) in [4.78, 5) is 43.7. The van der Waals surface area contributed by atoms with Crippen molar-refractivity contribution in [2.75, 3.05) is 21.1 Å². The van der Waals surface area contributed by atoms with Gasteiger partial charge in [-0.05, 0) is 18.2 Å². The van der Waals surface area contributed by atoms with Crippen LogP contribution in [0, 0.1) is 0 Å². The molecule has 3 amide bonds. The minimum Gasteiger partial charge on any atom is -0.505 e. The van der Waals surface area contributed by atoms with E-state index in [0.717, 1.165) is 0 Å². The third kappa shape index (κ3) is 9.10. The summed E-state index contributed by atoms with van der Waals surface area (Å²) in [5.74, 6) is -1.26. The molecule has 3 aromatic heterocycles. The van der Waals surface area contributed by atoms with Crippen LogP contribution in [0.1, 0.15) is 31.1 Å². The second-order valence-corrected chi connectivity index (χ2v) is 5.92. The van der Waals surface area contributed by atoms with Gasteiger partial charge in [0.25, 0.3) is 17.7 Å². The van der Waals surface area contributed by atoms with E-state index in [0.29, 0.717) is 0 Å². The number of nitrogens with zero attached hydrogens (tertiary/aromatic N) is 3. The van der Waals surface area contributed by atoms with Crippen LogP contribution in [0.3, 0.4) is 0 Å². The van der Waals surface area contributed by atoms with Crippen LogP contribution in [-0.4, -0.2) is 69.1 Å². The van der Waals surface area contributed by atoms with E-state index in [1.165, 1.54) is 76.5 Å². The van der Waals surface area contributed by atoms with E-state index in [1.807, 2.05) is 0 Å². The molecule has 3 heterocycles. The number of carbonyl (C=O) groups is 3.